The summed E-state index contributed by atoms with van der Waals surface area (Å²) in [5.74, 6) is 0. The summed E-state index contributed by atoms with van der Waals surface area (Å²) in [5.41, 5.74) is 0. The van der Waals surface area contributed by atoms with Gasteiger partial charge in [-0.1, -0.05) is 33.1 Å². The first-order valence-corrected chi connectivity index (χ1v) is 4.14. The number of allylic oxidation sites excluding steroid dienone is 1. The Hall–Kier alpha value is 0.506. The van der Waals surface area contributed by atoms with Crippen LogP contribution >= 0.6 is 0 Å². The van der Waals surface area contributed by atoms with Gasteiger partial charge in [-0.2, -0.15) is 13.3 Å². The van der Waals surface area contributed by atoms with Crippen molar-refractivity contribution in [1.82, 2.24) is 0 Å². The Morgan fingerprint density at radius 2 is 1.82 bits per heavy atom. The molecule has 0 radical (unpaired) electrons. The predicted octanol–water partition coefficient (Wildman–Crippen LogP) is 3.41. The molecule has 62 valence electrons. The van der Waals surface area contributed by atoms with Crippen molar-refractivity contribution in [3.05, 3.63) is 19.1 Å². The largest absolute Gasteiger partial charge is 2.00 e. The molecule has 11 heavy (non-hydrogen) atoms. The van der Waals surface area contributed by atoms with Gasteiger partial charge in [-0.25, -0.2) is 0 Å². The van der Waals surface area contributed by atoms with E-state index in [1.54, 1.807) is 6.08 Å². The molecule has 0 aliphatic carbocycles. The molecule has 0 aliphatic heterocycles. The molecule has 0 saturated carbocycles. The summed E-state index contributed by atoms with van der Waals surface area (Å²) in [6.07, 6.45) is 8.57. The molecule has 0 amide bonds. The van der Waals surface area contributed by atoms with E-state index in [9.17, 15) is 0 Å². The van der Waals surface area contributed by atoms with E-state index in [1.165, 1.54) is 19.3 Å². The Labute approximate surface area is 88.6 Å². The molecule has 0 atom stereocenters. The van der Waals surface area contributed by atoms with Gasteiger partial charge in [-0.3, -0.25) is 6.08 Å². The molecule has 0 bridgehead atoms. The number of hydrogen-bond acceptors (Lipinski definition) is 0. The van der Waals surface area contributed by atoms with Crippen molar-refractivity contribution >= 4 is 23.1 Å². The van der Waals surface area contributed by atoms with Gasteiger partial charge in [0.1, 0.15) is 0 Å². The molecule has 0 heterocycles. The predicted molar refractivity (Wildman–Crippen MR) is 54.4 cm³/mol. The quantitative estimate of drug-likeness (QED) is 0.339. The third-order valence-electron chi connectivity index (χ3n) is 1.13. The van der Waals surface area contributed by atoms with Crippen molar-refractivity contribution in [2.45, 2.75) is 46.5 Å². The van der Waals surface area contributed by atoms with E-state index in [0.29, 0.717) is 0 Å². The summed E-state index contributed by atoms with van der Waals surface area (Å²) in [4.78, 5) is 0. The SMILES string of the molecule is C[CH-]CC.[CH-]=CCCCC.[Mg+2]. The zero-order valence-corrected chi connectivity index (χ0v) is 9.68. The van der Waals surface area contributed by atoms with Gasteiger partial charge in [0.2, 0.25) is 0 Å². The van der Waals surface area contributed by atoms with E-state index in [1.807, 2.05) is 0 Å². The van der Waals surface area contributed by atoms with Crippen LogP contribution in [0.3, 0.4) is 0 Å². The van der Waals surface area contributed by atoms with Gasteiger partial charge in [0.05, 0.1) is 0 Å². The van der Waals surface area contributed by atoms with Crippen LogP contribution in [0.2, 0.25) is 0 Å². The topological polar surface area (TPSA) is 0 Å². The third kappa shape index (κ3) is 37.4. The molecular formula is C10H20Mg. The number of unbranched alkanes of at least 4 members (excludes halogenated alkanes) is 3. The molecule has 0 aromatic carbocycles. The maximum atomic E-state index is 5.09. The molecule has 0 spiro atoms. The Morgan fingerprint density at radius 3 is 1.91 bits per heavy atom. The maximum absolute atomic E-state index is 5.09. The van der Waals surface area contributed by atoms with Crippen LogP contribution in [0.1, 0.15) is 46.5 Å². The average molecular weight is 165 g/mol. The molecule has 0 fully saturated rings. The fraction of sp³-hybridized carbons (Fsp3) is 0.700. The first-order valence-electron chi connectivity index (χ1n) is 4.14. The first kappa shape index (κ1) is 17.6. The van der Waals surface area contributed by atoms with Gasteiger partial charge in [0, 0.05) is 0 Å². The van der Waals surface area contributed by atoms with Gasteiger partial charge < -0.3 is 13.0 Å². The fourth-order valence-corrected chi connectivity index (χ4v) is 0.322. The van der Waals surface area contributed by atoms with Crippen molar-refractivity contribution in [3.8, 4) is 0 Å². The molecule has 0 rings (SSSR count). The van der Waals surface area contributed by atoms with E-state index in [0.717, 1.165) is 6.42 Å². The third-order valence-corrected chi connectivity index (χ3v) is 1.13. The monoisotopic (exact) mass is 164 g/mol. The molecule has 0 aromatic heterocycles. The molecule has 0 unspecified atom stereocenters. The summed E-state index contributed by atoms with van der Waals surface area (Å²) in [6.45, 7) is 11.4. The first-order chi connectivity index (χ1) is 4.83. The van der Waals surface area contributed by atoms with Crippen molar-refractivity contribution in [2.75, 3.05) is 0 Å². The standard InChI is InChI=1S/C6H11.C4H9.Mg/c1-3-5-6-4-2;1-3-4-2;/h1,3H,4-6H2,2H3;3H,4H2,1-2H3;/q2*-1;+2. The molecule has 0 saturated heterocycles. The molecule has 0 N–H and O–H groups in total. The van der Waals surface area contributed by atoms with E-state index < -0.39 is 0 Å². The van der Waals surface area contributed by atoms with Crippen LogP contribution in [0.5, 0.6) is 0 Å². The van der Waals surface area contributed by atoms with Crippen LogP contribution in [0.25, 0.3) is 0 Å². The van der Waals surface area contributed by atoms with Crippen LogP contribution in [0, 0.1) is 13.0 Å². The Morgan fingerprint density at radius 1 is 1.36 bits per heavy atom. The molecule has 0 aromatic rings. The Bertz CT molecular complexity index is 48.8. The van der Waals surface area contributed by atoms with Crippen LogP contribution in [0.15, 0.2) is 6.08 Å². The van der Waals surface area contributed by atoms with E-state index in [-0.39, 0.29) is 23.1 Å². The Balaban J connectivity index is -0.000000114. The molecule has 1 heteroatoms. The Kier molecular flexibility index (Phi) is 35.8. The molecule has 0 nitrogen and oxygen atoms in total. The van der Waals surface area contributed by atoms with Crippen molar-refractivity contribution in [1.29, 1.82) is 0 Å². The fourth-order valence-electron chi connectivity index (χ4n) is 0.322. The minimum Gasteiger partial charge on any atom is -0.518 e. The van der Waals surface area contributed by atoms with Gasteiger partial charge in [-0.15, -0.1) is 0 Å². The maximum Gasteiger partial charge on any atom is 2.00 e. The summed E-state index contributed by atoms with van der Waals surface area (Å²) >= 11 is 0. The number of rotatable bonds is 4. The smallest absolute Gasteiger partial charge is 0.518 e. The van der Waals surface area contributed by atoms with Gasteiger partial charge in [0.25, 0.3) is 0 Å². The van der Waals surface area contributed by atoms with Crippen molar-refractivity contribution in [3.63, 3.8) is 0 Å². The zero-order chi connectivity index (χ0) is 8.24. The summed E-state index contributed by atoms with van der Waals surface area (Å²) in [5, 5.41) is 0. The van der Waals surface area contributed by atoms with Crippen LogP contribution in [-0.4, -0.2) is 23.1 Å². The van der Waals surface area contributed by atoms with Gasteiger partial charge in [-0.05, 0) is 0 Å². The summed E-state index contributed by atoms with van der Waals surface area (Å²) < 4.78 is 0. The second-order valence-electron chi connectivity index (χ2n) is 2.19. The van der Waals surface area contributed by atoms with Crippen molar-refractivity contribution in [2.24, 2.45) is 0 Å². The molecular weight excluding hydrogens is 144 g/mol. The average Bonchev–Trinajstić information content (AvgIpc) is 2.01. The van der Waals surface area contributed by atoms with Crippen LogP contribution in [-0.2, 0) is 0 Å². The number of hydrogen-bond donors (Lipinski definition) is 0. The van der Waals surface area contributed by atoms with Crippen LogP contribution in [0.4, 0.5) is 0 Å². The van der Waals surface area contributed by atoms with E-state index in [2.05, 4.69) is 27.2 Å². The summed E-state index contributed by atoms with van der Waals surface area (Å²) in [6, 6.07) is 0. The normalized spacial score (nSPS) is 7.18. The summed E-state index contributed by atoms with van der Waals surface area (Å²) in [7, 11) is 0. The van der Waals surface area contributed by atoms with Gasteiger partial charge >= 0.3 is 23.1 Å². The van der Waals surface area contributed by atoms with E-state index in [4.69, 9.17) is 6.58 Å². The van der Waals surface area contributed by atoms with Crippen LogP contribution < -0.4 is 0 Å². The zero-order valence-electron chi connectivity index (χ0n) is 8.27. The molecule has 0 aliphatic rings. The second kappa shape index (κ2) is 22.4. The minimum atomic E-state index is 0. The van der Waals surface area contributed by atoms with Gasteiger partial charge in [0.15, 0.2) is 0 Å². The van der Waals surface area contributed by atoms with Crippen molar-refractivity contribution < 1.29 is 0 Å². The second-order valence-corrected chi connectivity index (χ2v) is 2.19. The van der Waals surface area contributed by atoms with E-state index >= 15 is 0 Å². The minimum absolute atomic E-state index is 0.